The molecule has 0 aliphatic rings. The van der Waals surface area contributed by atoms with E-state index in [9.17, 15) is 4.79 Å². The Morgan fingerprint density at radius 1 is 1.62 bits per heavy atom. The van der Waals surface area contributed by atoms with E-state index in [1.54, 1.807) is 0 Å². The maximum absolute atomic E-state index is 10.3. The van der Waals surface area contributed by atoms with Crippen LogP contribution in [0.4, 0.5) is 0 Å². The third kappa shape index (κ3) is 6.90. The van der Waals surface area contributed by atoms with Gasteiger partial charge in [-0.2, -0.15) is 11.8 Å². The molecule has 0 aliphatic heterocycles. The summed E-state index contributed by atoms with van der Waals surface area (Å²) in [7, 11) is 2.04. The molecule has 0 bridgehead atoms. The Kier molecular flexibility index (Phi) is 7.09. The Labute approximate surface area is 84.5 Å². The minimum Gasteiger partial charge on any atom is -0.481 e. The van der Waals surface area contributed by atoms with Crippen molar-refractivity contribution in [3.8, 4) is 0 Å². The van der Waals surface area contributed by atoms with Crippen LogP contribution in [-0.2, 0) is 4.79 Å². The molecule has 3 nitrogen and oxygen atoms in total. The normalized spacial score (nSPS) is 13.2. The summed E-state index contributed by atoms with van der Waals surface area (Å²) in [6.45, 7) is 3.10. The Hall–Kier alpha value is -0.220. The molecule has 13 heavy (non-hydrogen) atoms. The van der Waals surface area contributed by atoms with Gasteiger partial charge in [0.1, 0.15) is 0 Å². The van der Waals surface area contributed by atoms with Gasteiger partial charge in [-0.3, -0.25) is 4.79 Å². The fourth-order valence-corrected chi connectivity index (χ4v) is 1.48. The van der Waals surface area contributed by atoms with Crippen LogP contribution in [0.2, 0.25) is 0 Å². The van der Waals surface area contributed by atoms with Gasteiger partial charge in [0.25, 0.3) is 0 Å². The average Bonchev–Trinajstić information content (AvgIpc) is 2.10. The van der Waals surface area contributed by atoms with E-state index >= 15 is 0 Å². The van der Waals surface area contributed by atoms with E-state index in [4.69, 9.17) is 5.11 Å². The SMILES string of the molecule is CSCCN(C)C(C)CCC(=O)O. The standard InChI is InChI=1S/C9H19NO2S/c1-8(4-5-9(11)12)10(2)6-7-13-3/h8H,4-7H2,1-3H3,(H,11,12). The Bertz CT molecular complexity index is 153. The van der Waals surface area contributed by atoms with E-state index in [1.165, 1.54) is 0 Å². The molecule has 0 amide bonds. The van der Waals surface area contributed by atoms with Crippen LogP contribution in [0, 0.1) is 0 Å². The molecule has 4 heteroatoms. The van der Waals surface area contributed by atoms with Crippen molar-refractivity contribution in [2.75, 3.05) is 25.6 Å². The molecule has 1 N–H and O–H groups in total. The van der Waals surface area contributed by atoms with Crippen molar-refractivity contribution < 1.29 is 9.90 Å². The van der Waals surface area contributed by atoms with Gasteiger partial charge < -0.3 is 10.0 Å². The van der Waals surface area contributed by atoms with E-state index in [1.807, 2.05) is 18.8 Å². The average molecular weight is 205 g/mol. The zero-order valence-electron chi connectivity index (χ0n) is 8.62. The predicted octanol–water partition coefficient (Wildman–Crippen LogP) is 1.53. The summed E-state index contributed by atoms with van der Waals surface area (Å²) in [4.78, 5) is 12.5. The molecular formula is C9H19NO2S. The third-order valence-electron chi connectivity index (χ3n) is 2.18. The van der Waals surface area contributed by atoms with E-state index in [0.717, 1.165) is 18.7 Å². The molecule has 0 aromatic heterocycles. The first kappa shape index (κ1) is 12.8. The molecule has 0 heterocycles. The number of aliphatic carboxylic acids is 1. The van der Waals surface area contributed by atoms with Crippen molar-refractivity contribution >= 4 is 17.7 Å². The highest BCUT2D eigenvalue weighted by molar-refractivity contribution is 7.98. The van der Waals surface area contributed by atoms with Gasteiger partial charge in [0, 0.05) is 24.8 Å². The van der Waals surface area contributed by atoms with Crippen molar-refractivity contribution in [3.63, 3.8) is 0 Å². The zero-order valence-corrected chi connectivity index (χ0v) is 9.43. The smallest absolute Gasteiger partial charge is 0.303 e. The minimum absolute atomic E-state index is 0.269. The highest BCUT2D eigenvalue weighted by Gasteiger charge is 2.09. The molecule has 0 saturated carbocycles. The van der Waals surface area contributed by atoms with E-state index < -0.39 is 5.97 Å². The lowest BCUT2D eigenvalue weighted by Crippen LogP contribution is -2.31. The van der Waals surface area contributed by atoms with Crippen molar-refractivity contribution in [1.29, 1.82) is 0 Å². The van der Waals surface area contributed by atoms with E-state index in [2.05, 4.69) is 18.1 Å². The Morgan fingerprint density at radius 3 is 2.69 bits per heavy atom. The lowest BCUT2D eigenvalue weighted by Gasteiger charge is -2.23. The summed E-state index contributed by atoms with van der Waals surface area (Å²) in [6, 6.07) is 0.364. The number of carboxylic acid groups (broad SMARTS) is 1. The van der Waals surface area contributed by atoms with E-state index in [0.29, 0.717) is 6.04 Å². The van der Waals surface area contributed by atoms with Crippen LogP contribution in [0.15, 0.2) is 0 Å². The van der Waals surface area contributed by atoms with Crippen molar-refractivity contribution in [3.05, 3.63) is 0 Å². The molecule has 0 aliphatic carbocycles. The molecule has 0 spiro atoms. The number of carboxylic acids is 1. The van der Waals surface area contributed by atoms with Gasteiger partial charge in [0.15, 0.2) is 0 Å². The number of nitrogens with zero attached hydrogens (tertiary/aromatic N) is 1. The predicted molar refractivity (Wildman–Crippen MR) is 57.3 cm³/mol. The topological polar surface area (TPSA) is 40.5 Å². The lowest BCUT2D eigenvalue weighted by atomic mass is 10.1. The summed E-state index contributed by atoms with van der Waals surface area (Å²) < 4.78 is 0. The first-order chi connectivity index (χ1) is 6.07. The minimum atomic E-state index is -0.704. The fraction of sp³-hybridized carbons (Fsp3) is 0.889. The largest absolute Gasteiger partial charge is 0.481 e. The molecule has 1 atom stereocenters. The molecule has 0 aromatic rings. The van der Waals surface area contributed by atoms with Crippen LogP contribution >= 0.6 is 11.8 Å². The fourth-order valence-electron chi connectivity index (χ4n) is 1.01. The van der Waals surface area contributed by atoms with Crippen LogP contribution in [0.3, 0.4) is 0 Å². The summed E-state index contributed by atoms with van der Waals surface area (Å²) in [5.41, 5.74) is 0. The lowest BCUT2D eigenvalue weighted by molar-refractivity contribution is -0.137. The van der Waals surface area contributed by atoms with E-state index in [-0.39, 0.29) is 6.42 Å². The molecule has 0 aromatic carbocycles. The second kappa shape index (κ2) is 7.21. The zero-order chi connectivity index (χ0) is 10.3. The van der Waals surface area contributed by atoms with Gasteiger partial charge in [-0.05, 0) is 26.6 Å². The second-order valence-electron chi connectivity index (χ2n) is 3.25. The quantitative estimate of drug-likeness (QED) is 0.684. The number of hydrogen-bond donors (Lipinski definition) is 1. The maximum atomic E-state index is 10.3. The summed E-state index contributed by atoms with van der Waals surface area (Å²) in [5, 5.41) is 8.50. The first-order valence-corrected chi connectivity index (χ1v) is 5.88. The second-order valence-corrected chi connectivity index (χ2v) is 4.24. The molecule has 78 valence electrons. The molecule has 0 saturated heterocycles. The first-order valence-electron chi connectivity index (χ1n) is 4.49. The van der Waals surface area contributed by atoms with Gasteiger partial charge in [-0.15, -0.1) is 0 Å². The van der Waals surface area contributed by atoms with Crippen LogP contribution < -0.4 is 0 Å². The van der Waals surface area contributed by atoms with Gasteiger partial charge >= 0.3 is 5.97 Å². The van der Waals surface area contributed by atoms with Crippen molar-refractivity contribution in [1.82, 2.24) is 4.90 Å². The van der Waals surface area contributed by atoms with Crippen LogP contribution in [0.5, 0.6) is 0 Å². The molecule has 0 rings (SSSR count). The number of hydrogen-bond acceptors (Lipinski definition) is 3. The van der Waals surface area contributed by atoms with Gasteiger partial charge in [-0.1, -0.05) is 0 Å². The van der Waals surface area contributed by atoms with Crippen LogP contribution in [-0.4, -0.2) is 47.6 Å². The van der Waals surface area contributed by atoms with Crippen LogP contribution in [0.25, 0.3) is 0 Å². The van der Waals surface area contributed by atoms with Gasteiger partial charge in [0.2, 0.25) is 0 Å². The van der Waals surface area contributed by atoms with Crippen molar-refractivity contribution in [2.45, 2.75) is 25.8 Å². The number of carbonyl (C=O) groups is 1. The maximum Gasteiger partial charge on any atom is 0.303 e. The third-order valence-corrected chi connectivity index (χ3v) is 2.77. The Balaban J connectivity index is 3.56. The highest BCUT2D eigenvalue weighted by Crippen LogP contribution is 2.05. The van der Waals surface area contributed by atoms with Crippen LogP contribution in [0.1, 0.15) is 19.8 Å². The number of thioether (sulfide) groups is 1. The molecule has 0 radical (unpaired) electrons. The number of rotatable bonds is 7. The summed E-state index contributed by atoms with van der Waals surface area (Å²) in [5.74, 6) is 0.401. The van der Waals surface area contributed by atoms with Gasteiger partial charge in [-0.25, -0.2) is 0 Å². The van der Waals surface area contributed by atoms with Gasteiger partial charge in [0.05, 0.1) is 0 Å². The molecule has 0 fully saturated rings. The summed E-state index contributed by atoms with van der Waals surface area (Å²) in [6.07, 6.45) is 3.08. The summed E-state index contributed by atoms with van der Waals surface area (Å²) >= 11 is 1.81. The monoisotopic (exact) mass is 205 g/mol. The highest BCUT2D eigenvalue weighted by atomic mass is 32.2. The molecular weight excluding hydrogens is 186 g/mol. The van der Waals surface area contributed by atoms with Crippen molar-refractivity contribution in [2.24, 2.45) is 0 Å². The molecule has 1 unspecified atom stereocenters. The Morgan fingerprint density at radius 2 is 2.23 bits per heavy atom.